The number of aromatic nitrogens is 2. The summed E-state index contributed by atoms with van der Waals surface area (Å²) < 4.78 is 41.1. The third-order valence-corrected chi connectivity index (χ3v) is 3.18. The molecule has 0 radical (unpaired) electrons. The highest BCUT2D eigenvalue weighted by molar-refractivity contribution is 7.71. The number of H-pyrrole nitrogens is 1. The van der Waals surface area contributed by atoms with Gasteiger partial charge < -0.3 is 9.73 Å². The predicted molar refractivity (Wildman–Crippen MR) is 79.4 cm³/mol. The van der Waals surface area contributed by atoms with Gasteiger partial charge in [-0.2, -0.15) is 13.2 Å². The molecule has 1 aromatic carbocycles. The van der Waals surface area contributed by atoms with Gasteiger partial charge in [-0.1, -0.05) is 0 Å². The molecular weight excluding hydrogens is 331 g/mol. The molecule has 0 saturated carbocycles. The fourth-order valence-corrected chi connectivity index (χ4v) is 2.00. The molecule has 1 heterocycles. The van der Waals surface area contributed by atoms with Crippen LogP contribution in [0.5, 0.6) is 0 Å². The van der Waals surface area contributed by atoms with Crippen molar-refractivity contribution in [1.82, 2.24) is 15.5 Å². The number of nitrogens with zero attached hydrogens (tertiary/aromatic N) is 1. The van der Waals surface area contributed by atoms with Crippen LogP contribution in [0.25, 0.3) is 11.5 Å². The Hall–Kier alpha value is -2.16. The summed E-state index contributed by atoms with van der Waals surface area (Å²) in [4.78, 5) is 12.0. The van der Waals surface area contributed by atoms with Crippen LogP contribution in [-0.4, -0.2) is 28.8 Å². The molecule has 2 aromatic rings. The fourth-order valence-electron chi connectivity index (χ4n) is 1.87. The van der Waals surface area contributed by atoms with Gasteiger partial charge in [0.1, 0.15) is 0 Å². The number of aromatic amines is 1. The van der Waals surface area contributed by atoms with Crippen LogP contribution in [0.1, 0.15) is 29.6 Å². The molecule has 0 aliphatic carbocycles. The predicted octanol–water partition coefficient (Wildman–Crippen LogP) is 3.86. The van der Waals surface area contributed by atoms with Gasteiger partial charge in [-0.05, 0) is 49.3 Å². The average molecular weight is 345 g/mol. The van der Waals surface area contributed by atoms with Crippen LogP contribution >= 0.6 is 12.2 Å². The van der Waals surface area contributed by atoms with E-state index in [2.05, 4.69) is 15.5 Å². The summed E-state index contributed by atoms with van der Waals surface area (Å²) in [6, 6.07) is 6.45. The molecule has 1 aromatic heterocycles. The number of unbranched alkanes of at least 4 members (excludes halogenated alkanes) is 1. The number of carbonyl (C=O) groups excluding carboxylic acids is 1. The highest BCUT2D eigenvalue weighted by atomic mass is 32.1. The van der Waals surface area contributed by atoms with E-state index in [9.17, 15) is 18.0 Å². The Morgan fingerprint density at radius 1 is 1.26 bits per heavy atom. The normalized spacial score (nSPS) is 11.4. The first kappa shape index (κ1) is 17.2. The lowest BCUT2D eigenvalue weighted by atomic mass is 10.1. The van der Waals surface area contributed by atoms with Crippen molar-refractivity contribution in [3.05, 3.63) is 34.7 Å². The third-order valence-electron chi connectivity index (χ3n) is 3.00. The van der Waals surface area contributed by atoms with Crippen molar-refractivity contribution in [2.45, 2.75) is 25.4 Å². The molecule has 0 spiro atoms. The summed E-state index contributed by atoms with van der Waals surface area (Å²) in [6.45, 7) is 0.199. The second-order valence-electron chi connectivity index (χ2n) is 4.82. The van der Waals surface area contributed by atoms with Crippen LogP contribution in [0.4, 0.5) is 13.2 Å². The van der Waals surface area contributed by atoms with Crippen LogP contribution in [0.3, 0.4) is 0 Å². The topological polar surface area (TPSA) is 70.9 Å². The van der Waals surface area contributed by atoms with Gasteiger partial charge in [0.15, 0.2) is 0 Å². The monoisotopic (exact) mass is 345 g/mol. The Labute approximate surface area is 134 Å². The van der Waals surface area contributed by atoms with E-state index >= 15 is 0 Å². The lowest BCUT2D eigenvalue weighted by molar-refractivity contribution is -0.135. The smallest absolute Gasteiger partial charge is 0.389 e. The molecule has 2 rings (SSSR count). The molecular formula is C14H14F3N3O2S. The molecule has 0 saturated heterocycles. The fraction of sp³-hybridized carbons (Fsp3) is 0.357. The summed E-state index contributed by atoms with van der Waals surface area (Å²) >= 11 is 4.77. The molecule has 0 atom stereocenters. The molecule has 0 fully saturated rings. The van der Waals surface area contributed by atoms with Gasteiger partial charge in [0, 0.05) is 24.1 Å². The molecule has 0 aliphatic rings. The lowest BCUT2D eigenvalue weighted by Crippen LogP contribution is -2.24. The summed E-state index contributed by atoms with van der Waals surface area (Å²) in [5, 5.41) is 8.94. The van der Waals surface area contributed by atoms with Crippen molar-refractivity contribution in [3.63, 3.8) is 0 Å². The van der Waals surface area contributed by atoms with Gasteiger partial charge in [-0.15, -0.1) is 5.10 Å². The van der Waals surface area contributed by atoms with Gasteiger partial charge in [0.05, 0.1) is 0 Å². The highest BCUT2D eigenvalue weighted by Crippen LogP contribution is 2.22. The van der Waals surface area contributed by atoms with E-state index in [0.29, 0.717) is 17.0 Å². The second-order valence-corrected chi connectivity index (χ2v) is 5.19. The van der Waals surface area contributed by atoms with E-state index in [1.54, 1.807) is 24.3 Å². The number of nitrogens with one attached hydrogen (secondary N) is 2. The Balaban J connectivity index is 1.82. The summed E-state index contributed by atoms with van der Waals surface area (Å²) in [5.41, 5.74) is 1.05. The van der Waals surface area contributed by atoms with Gasteiger partial charge in [0.2, 0.25) is 5.89 Å². The first-order valence-electron chi connectivity index (χ1n) is 6.86. The molecule has 0 bridgehead atoms. The molecule has 0 unspecified atom stereocenters. The van der Waals surface area contributed by atoms with Crippen molar-refractivity contribution >= 4 is 18.1 Å². The van der Waals surface area contributed by atoms with E-state index in [-0.39, 0.29) is 30.1 Å². The summed E-state index contributed by atoms with van der Waals surface area (Å²) in [7, 11) is 0. The minimum Gasteiger partial charge on any atom is -0.409 e. The van der Waals surface area contributed by atoms with E-state index in [4.69, 9.17) is 16.6 Å². The second kappa shape index (κ2) is 7.40. The maximum absolute atomic E-state index is 12.0. The number of amides is 1. The first-order chi connectivity index (χ1) is 10.8. The van der Waals surface area contributed by atoms with Crippen molar-refractivity contribution in [1.29, 1.82) is 0 Å². The Bertz CT molecular complexity index is 707. The SMILES string of the molecule is O=C(NCCCCC(F)(F)F)c1ccc(-c2n[nH]c(=S)o2)cc1. The Morgan fingerprint density at radius 2 is 1.96 bits per heavy atom. The zero-order chi connectivity index (χ0) is 16.9. The number of rotatable bonds is 6. The molecule has 124 valence electrons. The molecule has 0 aliphatic heterocycles. The van der Waals surface area contributed by atoms with Crippen molar-refractivity contribution in [2.75, 3.05) is 6.54 Å². The molecule has 2 N–H and O–H groups in total. The zero-order valence-electron chi connectivity index (χ0n) is 11.9. The molecule has 1 amide bonds. The molecule has 5 nitrogen and oxygen atoms in total. The minimum absolute atomic E-state index is 0.00715. The summed E-state index contributed by atoms with van der Waals surface area (Å²) in [5.74, 6) is -0.0272. The quantitative estimate of drug-likeness (QED) is 0.616. The highest BCUT2D eigenvalue weighted by Gasteiger charge is 2.25. The maximum atomic E-state index is 12.0. The number of alkyl halides is 3. The van der Waals surface area contributed by atoms with Gasteiger partial charge in [0.25, 0.3) is 10.7 Å². The third kappa shape index (κ3) is 5.51. The van der Waals surface area contributed by atoms with Crippen LogP contribution in [-0.2, 0) is 0 Å². The van der Waals surface area contributed by atoms with Crippen LogP contribution < -0.4 is 5.32 Å². The van der Waals surface area contributed by atoms with Crippen LogP contribution in [0.2, 0.25) is 0 Å². The Morgan fingerprint density at radius 3 is 2.52 bits per heavy atom. The lowest BCUT2D eigenvalue weighted by Gasteiger charge is -2.07. The van der Waals surface area contributed by atoms with Gasteiger partial charge in [-0.3, -0.25) is 4.79 Å². The van der Waals surface area contributed by atoms with Gasteiger partial charge in [-0.25, -0.2) is 5.10 Å². The first-order valence-corrected chi connectivity index (χ1v) is 7.27. The van der Waals surface area contributed by atoms with Crippen molar-refractivity contribution in [3.8, 4) is 11.5 Å². The number of carbonyl (C=O) groups is 1. The van der Waals surface area contributed by atoms with E-state index in [0.717, 1.165) is 0 Å². The minimum atomic E-state index is -4.15. The van der Waals surface area contributed by atoms with Crippen molar-refractivity contribution in [2.24, 2.45) is 0 Å². The van der Waals surface area contributed by atoms with Crippen LogP contribution in [0, 0.1) is 4.84 Å². The van der Waals surface area contributed by atoms with Crippen LogP contribution in [0.15, 0.2) is 28.7 Å². The largest absolute Gasteiger partial charge is 0.409 e. The summed E-state index contributed by atoms with van der Waals surface area (Å²) in [6.07, 6.45) is -4.72. The number of hydrogen-bond acceptors (Lipinski definition) is 4. The van der Waals surface area contributed by atoms with E-state index in [1.807, 2.05) is 0 Å². The molecule has 23 heavy (non-hydrogen) atoms. The number of benzene rings is 1. The van der Waals surface area contributed by atoms with Crippen molar-refractivity contribution < 1.29 is 22.4 Å². The van der Waals surface area contributed by atoms with E-state index in [1.165, 1.54) is 0 Å². The number of halogens is 3. The zero-order valence-corrected chi connectivity index (χ0v) is 12.8. The van der Waals surface area contributed by atoms with Gasteiger partial charge >= 0.3 is 6.18 Å². The van der Waals surface area contributed by atoms with E-state index < -0.39 is 12.6 Å². The average Bonchev–Trinajstić information content (AvgIpc) is 2.92. The standard InChI is InChI=1S/C14H14F3N3O2S/c15-14(16,17)7-1-2-8-18-11(21)9-3-5-10(6-4-9)12-19-20-13(23)22-12/h3-6H,1-2,7-8H2,(H,18,21)(H,20,23). The maximum Gasteiger partial charge on any atom is 0.389 e. The number of hydrogen-bond donors (Lipinski definition) is 2. The molecule has 9 heteroatoms. The Kier molecular flexibility index (Phi) is 5.54.